The standard InChI is InChI=1S/C9H6NO5P/c11-8-6-3-1-2-4-7(6)9(12)10(8)15-5-16(13)14/h1-4H,5H2/p+1. The number of hydrogen-bond donors (Lipinski definition) is 1. The average molecular weight is 240 g/mol. The Balaban J connectivity index is 2.25. The van der Waals surface area contributed by atoms with Crippen molar-refractivity contribution in [3.8, 4) is 0 Å². The van der Waals surface area contributed by atoms with Crippen LogP contribution in [-0.4, -0.2) is 28.1 Å². The van der Waals surface area contributed by atoms with Crippen molar-refractivity contribution in [2.75, 3.05) is 6.35 Å². The lowest BCUT2D eigenvalue weighted by atomic mass is 10.1. The quantitative estimate of drug-likeness (QED) is 0.627. The zero-order chi connectivity index (χ0) is 11.7. The Morgan fingerprint density at radius 2 is 1.69 bits per heavy atom. The monoisotopic (exact) mass is 240 g/mol. The van der Waals surface area contributed by atoms with Crippen LogP contribution in [0.5, 0.6) is 0 Å². The molecule has 1 N–H and O–H groups in total. The Bertz CT molecular complexity index is 452. The summed E-state index contributed by atoms with van der Waals surface area (Å²) in [5, 5.41) is 0.508. The number of benzene rings is 1. The van der Waals surface area contributed by atoms with Crippen LogP contribution < -0.4 is 0 Å². The lowest BCUT2D eigenvalue weighted by Crippen LogP contribution is -2.29. The topological polar surface area (TPSA) is 83.9 Å². The van der Waals surface area contributed by atoms with Gasteiger partial charge in [-0.25, -0.2) is 4.84 Å². The predicted molar refractivity (Wildman–Crippen MR) is 52.7 cm³/mol. The maximum atomic E-state index is 11.6. The molecular weight excluding hydrogens is 233 g/mol. The van der Waals surface area contributed by atoms with Crippen molar-refractivity contribution in [2.24, 2.45) is 0 Å². The van der Waals surface area contributed by atoms with Crippen LogP contribution in [0, 0.1) is 0 Å². The number of carbonyl (C=O) groups is 2. The molecule has 1 unspecified atom stereocenters. The first-order valence-corrected chi connectivity index (χ1v) is 5.75. The maximum absolute atomic E-state index is 11.6. The average Bonchev–Trinajstić information content (AvgIpc) is 2.50. The van der Waals surface area contributed by atoms with E-state index in [4.69, 9.17) is 4.89 Å². The lowest BCUT2D eigenvalue weighted by Gasteiger charge is -2.07. The van der Waals surface area contributed by atoms with Crippen molar-refractivity contribution in [1.82, 2.24) is 5.06 Å². The second-order valence-electron chi connectivity index (χ2n) is 3.06. The number of hydroxylamine groups is 2. The molecule has 6 nitrogen and oxygen atoms in total. The molecule has 7 heteroatoms. The summed E-state index contributed by atoms with van der Waals surface area (Å²) in [5.41, 5.74) is 0.473. The summed E-state index contributed by atoms with van der Waals surface area (Å²) < 4.78 is 10.4. The van der Waals surface area contributed by atoms with E-state index < -0.39 is 26.2 Å². The minimum Gasteiger partial charge on any atom is -0.266 e. The summed E-state index contributed by atoms with van der Waals surface area (Å²) in [6, 6.07) is 6.25. The molecule has 0 fully saturated rings. The van der Waals surface area contributed by atoms with Gasteiger partial charge in [0.05, 0.1) is 11.1 Å². The molecule has 0 spiro atoms. The Kier molecular flexibility index (Phi) is 2.78. The van der Waals surface area contributed by atoms with Crippen molar-refractivity contribution in [2.45, 2.75) is 0 Å². The maximum Gasteiger partial charge on any atom is 0.536 e. The van der Waals surface area contributed by atoms with Crippen molar-refractivity contribution in [3.05, 3.63) is 35.4 Å². The number of fused-ring (bicyclic) bond motifs is 1. The van der Waals surface area contributed by atoms with Crippen LogP contribution >= 0.6 is 8.03 Å². The van der Waals surface area contributed by atoms with Crippen molar-refractivity contribution < 1.29 is 23.9 Å². The van der Waals surface area contributed by atoms with Crippen LogP contribution in [0.15, 0.2) is 24.3 Å². The number of hydrogen-bond acceptors (Lipinski definition) is 4. The summed E-state index contributed by atoms with van der Waals surface area (Å²) in [7, 11) is -2.55. The molecule has 1 atom stereocenters. The van der Waals surface area contributed by atoms with E-state index in [9.17, 15) is 14.2 Å². The first-order chi connectivity index (χ1) is 7.61. The van der Waals surface area contributed by atoms with E-state index in [-0.39, 0.29) is 11.1 Å². The molecule has 1 aromatic carbocycles. The van der Waals surface area contributed by atoms with Crippen molar-refractivity contribution in [1.29, 1.82) is 0 Å². The third-order valence-corrected chi connectivity index (χ3v) is 2.39. The zero-order valence-corrected chi connectivity index (χ0v) is 8.89. The van der Waals surface area contributed by atoms with Crippen LogP contribution in [0.3, 0.4) is 0 Å². The van der Waals surface area contributed by atoms with Crippen molar-refractivity contribution >= 4 is 19.8 Å². The van der Waals surface area contributed by atoms with Crippen LogP contribution in [0.25, 0.3) is 0 Å². The SMILES string of the molecule is O=C1c2ccccc2C(=O)N1OC[P+](=O)O. The van der Waals surface area contributed by atoms with Gasteiger partial charge in [-0.1, -0.05) is 12.1 Å². The van der Waals surface area contributed by atoms with E-state index in [2.05, 4.69) is 4.84 Å². The van der Waals surface area contributed by atoms with E-state index in [1.807, 2.05) is 0 Å². The third-order valence-electron chi connectivity index (χ3n) is 2.05. The predicted octanol–water partition coefficient (Wildman–Crippen LogP) is 0.906. The fourth-order valence-electron chi connectivity index (χ4n) is 1.39. The minimum atomic E-state index is -2.55. The molecule has 0 saturated heterocycles. The molecule has 0 aromatic heterocycles. The molecule has 2 amide bonds. The fraction of sp³-hybridized carbons (Fsp3) is 0.111. The molecule has 0 saturated carbocycles. The number of rotatable bonds is 3. The molecule has 0 bridgehead atoms. The number of amides is 2. The second kappa shape index (κ2) is 4.09. The van der Waals surface area contributed by atoms with Gasteiger partial charge in [0.15, 0.2) is 0 Å². The summed E-state index contributed by atoms with van der Waals surface area (Å²) in [6.07, 6.45) is -0.583. The van der Waals surface area contributed by atoms with Crippen LogP contribution in [-0.2, 0) is 9.40 Å². The van der Waals surface area contributed by atoms with Gasteiger partial charge in [0.1, 0.15) is 0 Å². The summed E-state index contributed by atoms with van der Waals surface area (Å²) in [4.78, 5) is 36.5. The Morgan fingerprint density at radius 3 is 2.12 bits per heavy atom. The summed E-state index contributed by atoms with van der Waals surface area (Å²) in [6.45, 7) is 0. The molecule has 2 rings (SSSR count). The van der Waals surface area contributed by atoms with Gasteiger partial charge in [-0.15, -0.1) is 5.06 Å². The zero-order valence-electron chi connectivity index (χ0n) is 7.99. The lowest BCUT2D eigenvalue weighted by molar-refractivity contribution is -0.0742. The molecule has 1 heterocycles. The number of imide groups is 1. The fourth-order valence-corrected chi connectivity index (χ4v) is 1.61. The van der Waals surface area contributed by atoms with Gasteiger partial charge in [-0.05, 0) is 16.7 Å². The van der Waals surface area contributed by atoms with Crippen LogP contribution in [0.2, 0.25) is 0 Å². The minimum absolute atomic E-state index is 0.237. The first kappa shape index (κ1) is 10.9. The molecule has 16 heavy (non-hydrogen) atoms. The smallest absolute Gasteiger partial charge is 0.266 e. The van der Waals surface area contributed by atoms with E-state index >= 15 is 0 Å². The summed E-state index contributed by atoms with van der Waals surface area (Å²) in [5.74, 6) is -1.23. The molecule has 1 aliphatic heterocycles. The van der Waals surface area contributed by atoms with Crippen LogP contribution in [0.4, 0.5) is 0 Å². The Morgan fingerprint density at radius 1 is 1.19 bits per heavy atom. The normalized spacial score (nSPS) is 15.3. The molecule has 82 valence electrons. The number of nitrogens with zero attached hydrogens (tertiary/aromatic N) is 1. The van der Waals surface area contributed by atoms with Crippen LogP contribution in [0.1, 0.15) is 20.7 Å². The Labute approximate surface area is 91.3 Å². The highest BCUT2D eigenvalue weighted by Gasteiger charge is 2.37. The van der Waals surface area contributed by atoms with E-state index in [1.54, 1.807) is 12.1 Å². The Hall–Kier alpha value is -1.62. The highest BCUT2D eigenvalue weighted by Crippen LogP contribution is 2.24. The van der Waals surface area contributed by atoms with Crippen molar-refractivity contribution in [3.63, 3.8) is 0 Å². The summed E-state index contributed by atoms with van der Waals surface area (Å²) >= 11 is 0. The molecular formula is C9H7NO5P+. The number of carbonyl (C=O) groups excluding carboxylic acids is 2. The highest BCUT2D eigenvalue weighted by molar-refractivity contribution is 7.37. The van der Waals surface area contributed by atoms with Gasteiger partial charge < -0.3 is 0 Å². The van der Waals surface area contributed by atoms with E-state index in [1.165, 1.54) is 12.1 Å². The van der Waals surface area contributed by atoms with E-state index in [0.717, 1.165) is 0 Å². The van der Waals surface area contributed by atoms with Gasteiger partial charge >= 0.3 is 8.03 Å². The van der Waals surface area contributed by atoms with Gasteiger partial charge in [0.2, 0.25) is 0 Å². The van der Waals surface area contributed by atoms with Gasteiger partial charge in [-0.3, -0.25) is 9.59 Å². The largest absolute Gasteiger partial charge is 0.536 e. The van der Waals surface area contributed by atoms with Gasteiger partial charge in [0, 0.05) is 0 Å². The molecule has 1 aromatic rings. The molecule has 1 aliphatic rings. The highest BCUT2D eigenvalue weighted by atomic mass is 31.1. The first-order valence-electron chi connectivity index (χ1n) is 4.35. The molecule has 0 radical (unpaired) electrons. The third kappa shape index (κ3) is 1.74. The van der Waals surface area contributed by atoms with Gasteiger partial charge in [-0.2, -0.15) is 4.89 Å². The van der Waals surface area contributed by atoms with Gasteiger partial charge in [0.25, 0.3) is 18.2 Å². The van der Waals surface area contributed by atoms with E-state index in [0.29, 0.717) is 5.06 Å². The second-order valence-corrected chi connectivity index (χ2v) is 4.02. The molecule has 0 aliphatic carbocycles.